The van der Waals surface area contributed by atoms with E-state index >= 15 is 0 Å². The lowest BCUT2D eigenvalue weighted by Gasteiger charge is -2.02. The molecule has 0 bridgehead atoms. The zero-order valence-corrected chi connectivity index (χ0v) is 15.1. The first-order valence-corrected chi connectivity index (χ1v) is 8.10. The summed E-state index contributed by atoms with van der Waals surface area (Å²) >= 11 is 0. The van der Waals surface area contributed by atoms with E-state index in [0.717, 1.165) is 0 Å². The highest BCUT2D eigenvalue weighted by atomic mass is 16.6. The monoisotopic (exact) mass is 356 g/mol. The third-order valence-corrected chi connectivity index (χ3v) is 4.02. The summed E-state index contributed by atoms with van der Waals surface area (Å²) in [6.45, 7) is 6.98. The number of carbonyl (C=O) groups is 2. The molecule has 0 spiro atoms. The lowest BCUT2D eigenvalue weighted by molar-refractivity contribution is -0.385. The minimum absolute atomic E-state index is 0.00362. The number of aromatic amines is 1. The first-order valence-electron chi connectivity index (χ1n) is 8.10. The van der Waals surface area contributed by atoms with E-state index in [-0.39, 0.29) is 18.1 Å². The number of ether oxygens (including phenoxy) is 1. The molecule has 0 saturated carbocycles. The second-order valence-electron chi connectivity index (χ2n) is 5.85. The van der Waals surface area contributed by atoms with Crippen LogP contribution in [-0.2, 0) is 4.74 Å². The summed E-state index contributed by atoms with van der Waals surface area (Å²) in [5.41, 5.74) is 2.82. The highest BCUT2D eigenvalue weighted by Gasteiger charge is 2.21. The summed E-state index contributed by atoms with van der Waals surface area (Å²) in [7, 11) is 0. The van der Waals surface area contributed by atoms with Gasteiger partial charge in [0.05, 0.1) is 22.8 Å². The van der Waals surface area contributed by atoms with Gasteiger partial charge >= 0.3 is 5.97 Å². The van der Waals surface area contributed by atoms with Crippen molar-refractivity contribution in [3.8, 4) is 0 Å². The standard InChI is InChI=1S/C19H20N2O5/c1-5-26-19(23)17-12(3)18(20-13(17)4)16(22)9-8-14-7-6-11(2)15(10-14)21(24)25/h6-10,20H,5H2,1-4H3/b9-8+. The second kappa shape index (κ2) is 7.77. The Morgan fingerprint density at radius 1 is 1.27 bits per heavy atom. The first kappa shape index (κ1) is 19.1. The van der Waals surface area contributed by atoms with Gasteiger partial charge in [-0.3, -0.25) is 14.9 Å². The number of aromatic nitrogens is 1. The quantitative estimate of drug-likeness (QED) is 0.278. The zero-order valence-electron chi connectivity index (χ0n) is 15.1. The highest BCUT2D eigenvalue weighted by molar-refractivity contribution is 6.08. The topological polar surface area (TPSA) is 102 Å². The number of nitrogens with one attached hydrogen (secondary N) is 1. The van der Waals surface area contributed by atoms with Crippen LogP contribution in [-0.4, -0.2) is 28.3 Å². The van der Waals surface area contributed by atoms with E-state index in [4.69, 9.17) is 4.74 Å². The lowest BCUT2D eigenvalue weighted by atomic mass is 10.1. The lowest BCUT2D eigenvalue weighted by Crippen LogP contribution is -2.07. The Morgan fingerprint density at radius 2 is 1.96 bits per heavy atom. The first-order chi connectivity index (χ1) is 12.3. The van der Waals surface area contributed by atoms with E-state index < -0.39 is 10.9 Å². The maximum absolute atomic E-state index is 12.5. The van der Waals surface area contributed by atoms with Crippen LogP contribution in [0, 0.1) is 30.9 Å². The fraction of sp³-hybridized carbons (Fsp3) is 0.263. The van der Waals surface area contributed by atoms with E-state index in [0.29, 0.717) is 33.6 Å². The number of nitro groups is 1. The van der Waals surface area contributed by atoms with Gasteiger partial charge in [-0.05, 0) is 44.9 Å². The van der Waals surface area contributed by atoms with Crippen LogP contribution in [0.2, 0.25) is 0 Å². The van der Waals surface area contributed by atoms with Crippen molar-refractivity contribution in [1.82, 2.24) is 4.98 Å². The van der Waals surface area contributed by atoms with Crippen LogP contribution in [0.1, 0.15) is 50.2 Å². The molecule has 1 heterocycles. The maximum atomic E-state index is 12.5. The van der Waals surface area contributed by atoms with Gasteiger partial charge in [0.1, 0.15) is 0 Å². The molecule has 26 heavy (non-hydrogen) atoms. The summed E-state index contributed by atoms with van der Waals surface area (Å²) in [6.07, 6.45) is 2.83. The molecule has 0 unspecified atom stereocenters. The molecule has 0 aliphatic heterocycles. The van der Waals surface area contributed by atoms with Crippen molar-refractivity contribution in [2.24, 2.45) is 0 Å². The number of aryl methyl sites for hydroxylation is 2. The van der Waals surface area contributed by atoms with Crippen LogP contribution in [0.5, 0.6) is 0 Å². The summed E-state index contributed by atoms with van der Waals surface area (Å²) in [6, 6.07) is 4.74. The molecule has 136 valence electrons. The fourth-order valence-electron chi connectivity index (χ4n) is 2.69. The smallest absolute Gasteiger partial charge is 0.340 e. The van der Waals surface area contributed by atoms with Crippen molar-refractivity contribution in [1.29, 1.82) is 0 Å². The van der Waals surface area contributed by atoms with Crippen LogP contribution in [0.15, 0.2) is 24.3 Å². The number of esters is 1. The van der Waals surface area contributed by atoms with E-state index in [2.05, 4.69) is 4.98 Å². The average molecular weight is 356 g/mol. The second-order valence-corrected chi connectivity index (χ2v) is 5.85. The van der Waals surface area contributed by atoms with Crippen molar-refractivity contribution >= 4 is 23.5 Å². The van der Waals surface area contributed by atoms with Gasteiger partial charge in [-0.2, -0.15) is 0 Å². The van der Waals surface area contributed by atoms with Gasteiger partial charge in [-0.25, -0.2) is 4.79 Å². The highest BCUT2D eigenvalue weighted by Crippen LogP contribution is 2.22. The number of allylic oxidation sites excluding steroid dienone is 1. The van der Waals surface area contributed by atoms with Gasteiger partial charge in [0.2, 0.25) is 5.78 Å². The third-order valence-electron chi connectivity index (χ3n) is 4.02. The van der Waals surface area contributed by atoms with E-state index in [1.165, 1.54) is 18.2 Å². The Hall–Kier alpha value is -3.22. The number of benzene rings is 1. The van der Waals surface area contributed by atoms with Crippen LogP contribution in [0.4, 0.5) is 5.69 Å². The maximum Gasteiger partial charge on any atom is 0.340 e. The average Bonchev–Trinajstić information content (AvgIpc) is 2.88. The number of nitrogens with zero attached hydrogens (tertiary/aromatic N) is 1. The molecule has 1 aromatic heterocycles. The molecule has 7 nitrogen and oxygen atoms in total. The number of hydrogen-bond acceptors (Lipinski definition) is 5. The van der Waals surface area contributed by atoms with Gasteiger partial charge in [0.25, 0.3) is 5.69 Å². The van der Waals surface area contributed by atoms with Crippen LogP contribution >= 0.6 is 0 Å². The zero-order chi connectivity index (χ0) is 19.4. The van der Waals surface area contributed by atoms with Crippen molar-refractivity contribution < 1.29 is 19.2 Å². The third kappa shape index (κ3) is 3.88. The van der Waals surface area contributed by atoms with E-state index in [1.807, 2.05) is 0 Å². The Bertz CT molecular complexity index is 909. The van der Waals surface area contributed by atoms with Crippen molar-refractivity contribution in [3.63, 3.8) is 0 Å². The van der Waals surface area contributed by atoms with Gasteiger partial charge < -0.3 is 9.72 Å². The molecule has 1 N–H and O–H groups in total. The number of hydrogen-bond donors (Lipinski definition) is 1. The summed E-state index contributed by atoms with van der Waals surface area (Å²) < 4.78 is 5.01. The Balaban J connectivity index is 2.30. The molecule has 0 radical (unpaired) electrons. The molecule has 1 aromatic carbocycles. The van der Waals surface area contributed by atoms with Gasteiger partial charge in [-0.1, -0.05) is 18.2 Å². The van der Waals surface area contributed by atoms with Crippen LogP contribution in [0.3, 0.4) is 0 Å². The molecular weight excluding hydrogens is 336 g/mol. The molecule has 2 rings (SSSR count). The number of rotatable bonds is 6. The van der Waals surface area contributed by atoms with E-state index in [1.54, 1.807) is 39.8 Å². The molecule has 0 fully saturated rings. The normalized spacial score (nSPS) is 10.9. The van der Waals surface area contributed by atoms with Crippen LogP contribution in [0.25, 0.3) is 6.08 Å². The predicted molar refractivity (Wildman–Crippen MR) is 97.4 cm³/mol. The number of ketones is 1. The minimum Gasteiger partial charge on any atom is -0.462 e. The number of H-pyrrole nitrogens is 1. The molecule has 0 aliphatic carbocycles. The molecule has 2 aromatic rings. The molecule has 0 saturated heterocycles. The van der Waals surface area contributed by atoms with Crippen LogP contribution < -0.4 is 0 Å². The van der Waals surface area contributed by atoms with E-state index in [9.17, 15) is 19.7 Å². The van der Waals surface area contributed by atoms with Gasteiger partial charge in [0.15, 0.2) is 0 Å². The molecule has 0 aliphatic rings. The van der Waals surface area contributed by atoms with Crippen molar-refractivity contribution in [2.45, 2.75) is 27.7 Å². The largest absolute Gasteiger partial charge is 0.462 e. The van der Waals surface area contributed by atoms with Gasteiger partial charge in [-0.15, -0.1) is 0 Å². The SMILES string of the molecule is CCOC(=O)c1c(C)[nH]c(C(=O)/C=C/c2ccc(C)c([N+](=O)[O-])c2)c1C. The molecule has 0 amide bonds. The number of nitro benzene ring substituents is 1. The Morgan fingerprint density at radius 3 is 2.58 bits per heavy atom. The van der Waals surface area contributed by atoms with Crippen molar-refractivity contribution in [3.05, 3.63) is 68.0 Å². The fourth-order valence-corrected chi connectivity index (χ4v) is 2.69. The Labute approximate surface area is 150 Å². The Kier molecular flexibility index (Phi) is 5.71. The summed E-state index contributed by atoms with van der Waals surface area (Å²) in [5, 5.41) is 11.0. The summed E-state index contributed by atoms with van der Waals surface area (Å²) in [4.78, 5) is 37.9. The summed E-state index contributed by atoms with van der Waals surface area (Å²) in [5.74, 6) is -0.805. The molecule has 0 atom stereocenters. The number of carbonyl (C=O) groups excluding carboxylic acids is 2. The predicted octanol–water partition coefficient (Wildman–Crippen LogP) is 3.92. The molecular formula is C19H20N2O5. The molecule has 7 heteroatoms. The minimum atomic E-state index is -0.476. The van der Waals surface area contributed by atoms with Gasteiger partial charge in [0, 0.05) is 17.3 Å². The van der Waals surface area contributed by atoms with Crippen molar-refractivity contribution in [2.75, 3.05) is 6.61 Å².